The zero-order valence-electron chi connectivity index (χ0n) is 12.8. The number of rotatable bonds is 5. The third-order valence-electron chi connectivity index (χ3n) is 3.65. The standard InChI is InChI=1S/C15H16N4O3S/c1-21-12-5-10-11(6-13(12)22-2)18-15(23)19(14(10)20)4-3-9-7-16-8-17-9/h5-8H,3-4H2,1-2H3,(H,16,17)(H,18,23). The number of hydrogen-bond acceptors (Lipinski definition) is 5. The maximum Gasteiger partial charge on any atom is 0.262 e. The van der Waals surface area contributed by atoms with Crippen LogP contribution in [0.2, 0.25) is 0 Å². The summed E-state index contributed by atoms with van der Waals surface area (Å²) in [7, 11) is 3.08. The summed E-state index contributed by atoms with van der Waals surface area (Å²) in [6, 6.07) is 3.37. The van der Waals surface area contributed by atoms with Crippen molar-refractivity contribution in [2.24, 2.45) is 0 Å². The van der Waals surface area contributed by atoms with Gasteiger partial charge in [-0.3, -0.25) is 9.36 Å². The Hall–Kier alpha value is -2.61. The first kappa shape index (κ1) is 15.3. The number of hydrogen-bond donors (Lipinski definition) is 2. The number of H-pyrrole nitrogens is 2. The minimum atomic E-state index is -0.163. The van der Waals surface area contributed by atoms with Gasteiger partial charge in [-0.15, -0.1) is 0 Å². The molecule has 0 saturated heterocycles. The van der Waals surface area contributed by atoms with Crippen LogP contribution in [-0.2, 0) is 13.0 Å². The second-order valence-electron chi connectivity index (χ2n) is 4.97. The zero-order chi connectivity index (χ0) is 16.4. The molecule has 0 spiro atoms. The highest BCUT2D eigenvalue weighted by atomic mass is 32.1. The number of nitrogens with one attached hydrogen (secondary N) is 2. The molecule has 0 radical (unpaired) electrons. The fraction of sp³-hybridized carbons (Fsp3) is 0.267. The van der Waals surface area contributed by atoms with Gasteiger partial charge in [0.25, 0.3) is 5.56 Å². The second kappa shape index (κ2) is 6.25. The SMILES string of the molecule is COc1cc2[nH]c(=S)n(CCc3cnc[nH]3)c(=O)c2cc1OC. The van der Waals surface area contributed by atoms with E-state index in [1.165, 1.54) is 11.7 Å². The lowest BCUT2D eigenvalue weighted by atomic mass is 10.2. The Kier molecular flexibility index (Phi) is 4.16. The molecule has 7 nitrogen and oxygen atoms in total. The van der Waals surface area contributed by atoms with Crippen LogP contribution >= 0.6 is 12.2 Å². The number of nitrogens with zero attached hydrogens (tertiary/aromatic N) is 2. The van der Waals surface area contributed by atoms with Crippen LogP contribution in [0.5, 0.6) is 11.5 Å². The van der Waals surface area contributed by atoms with Crippen molar-refractivity contribution in [1.29, 1.82) is 0 Å². The van der Waals surface area contributed by atoms with E-state index in [9.17, 15) is 4.79 Å². The van der Waals surface area contributed by atoms with Crippen LogP contribution in [0, 0.1) is 4.77 Å². The quantitative estimate of drug-likeness (QED) is 0.699. The van der Waals surface area contributed by atoms with Gasteiger partial charge in [-0.2, -0.15) is 0 Å². The maximum absolute atomic E-state index is 12.7. The molecule has 0 unspecified atom stereocenters. The van der Waals surface area contributed by atoms with Crippen LogP contribution in [0.3, 0.4) is 0 Å². The lowest BCUT2D eigenvalue weighted by Gasteiger charge is -2.11. The smallest absolute Gasteiger partial charge is 0.262 e. The van der Waals surface area contributed by atoms with E-state index in [0.29, 0.717) is 40.1 Å². The Morgan fingerprint density at radius 1 is 1.26 bits per heavy atom. The van der Waals surface area contributed by atoms with Gasteiger partial charge in [-0.25, -0.2) is 4.98 Å². The highest BCUT2D eigenvalue weighted by molar-refractivity contribution is 7.71. The summed E-state index contributed by atoms with van der Waals surface area (Å²) in [4.78, 5) is 22.8. The van der Waals surface area contributed by atoms with Crippen molar-refractivity contribution in [1.82, 2.24) is 19.5 Å². The lowest BCUT2D eigenvalue weighted by molar-refractivity contribution is 0.355. The molecule has 2 N–H and O–H groups in total. The molecule has 0 aliphatic heterocycles. The highest BCUT2D eigenvalue weighted by Gasteiger charge is 2.11. The Morgan fingerprint density at radius 3 is 2.65 bits per heavy atom. The number of methoxy groups -OCH3 is 2. The number of aryl methyl sites for hydroxylation is 1. The topological polar surface area (TPSA) is 84.9 Å². The molecule has 1 aromatic carbocycles. The van der Waals surface area contributed by atoms with Gasteiger partial charge in [0.15, 0.2) is 16.3 Å². The minimum absolute atomic E-state index is 0.163. The van der Waals surface area contributed by atoms with Crippen LogP contribution in [0.15, 0.2) is 29.5 Å². The molecule has 0 bridgehead atoms. The predicted octanol–water partition coefficient (Wildman–Crippen LogP) is 2.04. The molecule has 0 saturated carbocycles. The summed E-state index contributed by atoms with van der Waals surface area (Å²) in [5, 5.41) is 0.501. The molecule has 0 aliphatic rings. The third kappa shape index (κ3) is 2.85. The highest BCUT2D eigenvalue weighted by Crippen LogP contribution is 2.29. The normalized spacial score (nSPS) is 10.9. The van der Waals surface area contributed by atoms with E-state index in [0.717, 1.165) is 5.69 Å². The van der Waals surface area contributed by atoms with E-state index in [-0.39, 0.29) is 5.56 Å². The third-order valence-corrected chi connectivity index (χ3v) is 3.97. The van der Waals surface area contributed by atoms with Gasteiger partial charge in [0.1, 0.15) is 0 Å². The Balaban J connectivity index is 2.09. The summed E-state index contributed by atoms with van der Waals surface area (Å²) >= 11 is 5.31. The summed E-state index contributed by atoms with van der Waals surface area (Å²) in [5.41, 5.74) is 1.40. The van der Waals surface area contributed by atoms with Crippen molar-refractivity contribution in [3.05, 3.63) is 45.5 Å². The molecule has 23 heavy (non-hydrogen) atoms. The average Bonchev–Trinajstić information content (AvgIpc) is 3.07. The first-order valence-electron chi connectivity index (χ1n) is 7.00. The molecular formula is C15H16N4O3S. The van der Waals surface area contributed by atoms with Gasteiger partial charge in [0.2, 0.25) is 0 Å². The predicted molar refractivity (Wildman–Crippen MR) is 88.8 cm³/mol. The first-order chi connectivity index (χ1) is 11.1. The van der Waals surface area contributed by atoms with Gasteiger partial charge >= 0.3 is 0 Å². The average molecular weight is 332 g/mol. The molecule has 0 amide bonds. The number of aromatic amines is 2. The largest absolute Gasteiger partial charge is 0.493 e. The second-order valence-corrected chi connectivity index (χ2v) is 5.35. The Labute approximate surface area is 136 Å². The number of imidazole rings is 1. The molecule has 8 heteroatoms. The molecular weight excluding hydrogens is 316 g/mol. The molecule has 3 aromatic rings. The number of aromatic nitrogens is 4. The molecule has 0 atom stereocenters. The van der Waals surface area contributed by atoms with Gasteiger partial charge in [0.05, 0.1) is 31.4 Å². The molecule has 0 aliphatic carbocycles. The van der Waals surface area contributed by atoms with Crippen molar-refractivity contribution < 1.29 is 9.47 Å². The zero-order valence-corrected chi connectivity index (χ0v) is 13.6. The molecule has 120 valence electrons. The van der Waals surface area contributed by atoms with E-state index in [2.05, 4.69) is 15.0 Å². The van der Waals surface area contributed by atoms with Crippen LogP contribution in [0.25, 0.3) is 10.9 Å². The van der Waals surface area contributed by atoms with E-state index >= 15 is 0 Å². The molecule has 2 heterocycles. The van der Waals surface area contributed by atoms with Crippen molar-refractivity contribution in [3.8, 4) is 11.5 Å². The summed E-state index contributed by atoms with van der Waals surface area (Å²) in [5.74, 6) is 1.04. The Morgan fingerprint density at radius 2 is 2.00 bits per heavy atom. The van der Waals surface area contributed by atoms with Gasteiger partial charge in [-0.05, 0) is 18.3 Å². The summed E-state index contributed by atoms with van der Waals surface area (Å²) in [6.45, 7) is 0.459. The molecule has 0 fully saturated rings. The van der Waals surface area contributed by atoms with Crippen molar-refractivity contribution >= 4 is 23.1 Å². The van der Waals surface area contributed by atoms with E-state index in [4.69, 9.17) is 21.7 Å². The van der Waals surface area contributed by atoms with Gasteiger partial charge in [0, 0.05) is 30.9 Å². The minimum Gasteiger partial charge on any atom is -0.493 e. The fourth-order valence-electron chi connectivity index (χ4n) is 2.44. The van der Waals surface area contributed by atoms with E-state index in [1.807, 2.05) is 0 Å². The maximum atomic E-state index is 12.7. The molecule has 2 aromatic heterocycles. The lowest BCUT2D eigenvalue weighted by Crippen LogP contribution is -2.23. The van der Waals surface area contributed by atoms with Gasteiger partial charge < -0.3 is 19.4 Å². The number of fused-ring (bicyclic) bond motifs is 1. The first-order valence-corrected chi connectivity index (χ1v) is 7.41. The van der Waals surface area contributed by atoms with Crippen molar-refractivity contribution in [2.45, 2.75) is 13.0 Å². The van der Waals surface area contributed by atoms with Crippen molar-refractivity contribution in [2.75, 3.05) is 14.2 Å². The number of benzene rings is 1. The van der Waals surface area contributed by atoms with E-state index < -0.39 is 0 Å². The Bertz CT molecular complexity index is 944. The van der Waals surface area contributed by atoms with Crippen molar-refractivity contribution in [3.63, 3.8) is 0 Å². The van der Waals surface area contributed by atoms with Crippen LogP contribution in [-0.4, -0.2) is 33.7 Å². The van der Waals surface area contributed by atoms with Crippen LogP contribution in [0.4, 0.5) is 0 Å². The number of ether oxygens (including phenoxy) is 2. The van der Waals surface area contributed by atoms with Gasteiger partial charge in [-0.1, -0.05) is 0 Å². The summed E-state index contributed by atoms with van der Waals surface area (Å²) in [6.07, 6.45) is 3.97. The van der Waals surface area contributed by atoms with Crippen LogP contribution in [0.1, 0.15) is 5.69 Å². The monoisotopic (exact) mass is 332 g/mol. The fourth-order valence-corrected chi connectivity index (χ4v) is 2.72. The molecule has 3 rings (SSSR count). The summed E-state index contributed by atoms with van der Waals surface area (Å²) < 4.78 is 12.4. The van der Waals surface area contributed by atoms with Crippen LogP contribution < -0.4 is 15.0 Å². The van der Waals surface area contributed by atoms with E-state index in [1.54, 1.807) is 31.8 Å².